The van der Waals surface area contributed by atoms with Gasteiger partial charge in [0.05, 0.1) is 6.26 Å². The van der Waals surface area contributed by atoms with E-state index < -0.39 is 10.0 Å². The highest BCUT2D eigenvalue weighted by atomic mass is 32.2. The highest BCUT2D eigenvalue weighted by Crippen LogP contribution is 2.38. The van der Waals surface area contributed by atoms with Gasteiger partial charge in [0, 0.05) is 11.3 Å². The van der Waals surface area contributed by atoms with Crippen LogP contribution in [0.25, 0.3) is 11.6 Å². The number of sulfonamides is 1. The minimum Gasteiger partial charge on any atom is -0.488 e. The Morgan fingerprint density at radius 2 is 1.79 bits per heavy atom. The molecule has 0 atom stereocenters. The maximum Gasteiger partial charge on any atom is 0.229 e. The molecule has 142 valence electrons. The van der Waals surface area contributed by atoms with Crippen molar-refractivity contribution in [3.8, 4) is 5.75 Å². The summed E-state index contributed by atoms with van der Waals surface area (Å²) in [5.74, 6) is 0.841. The molecule has 28 heavy (non-hydrogen) atoms. The summed E-state index contributed by atoms with van der Waals surface area (Å²) in [4.78, 5) is 0. The zero-order valence-electron chi connectivity index (χ0n) is 15.8. The van der Waals surface area contributed by atoms with E-state index in [-0.39, 0.29) is 0 Å². The second-order valence-corrected chi connectivity index (χ2v) is 8.75. The summed E-state index contributed by atoms with van der Waals surface area (Å²) in [6.45, 7) is 2.59. The first kappa shape index (κ1) is 18.3. The number of rotatable bonds is 3. The van der Waals surface area contributed by atoms with Gasteiger partial charge in [0.15, 0.2) is 0 Å². The van der Waals surface area contributed by atoms with E-state index in [0.717, 1.165) is 39.8 Å². The van der Waals surface area contributed by atoms with E-state index in [1.54, 1.807) is 6.07 Å². The molecule has 0 saturated carbocycles. The molecular formula is C23H21NO3S. The van der Waals surface area contributed by atoms with Crippen molar-refractivity contribution in [3.05, 3.63) is 94.5 Å². The summed E-state index contributed by atoms with van der Waals surface area (Å²) in [6.07, 6.45) is 3.23. The van der Waals surface area contributed by atoms with E-state index in [9.17, 15) is 8.42 Å². The summed E-state index contributed by atoms with van der Waals surface area (Å²) < 4.78 is 31.7. The monoisotopic (exact) mass is 391 g/mol. The van der Waals surface area contributed by atoms with Crippen LogP contribution in [-0.2, 0) is 16.6 Å². The molecule has 0 amide bonds. The average Bonchev–Trinajstić information content (AvgIpc) is 2.78. The number of ether oxygens (including phenoxy) is 1. The van der Waals surface area contributed by atoms with Crippen LogP contribution in [0.2, 0.25) is 0 Å². The summed E-state index contributed by atoms with van der Waals surface area (Å²) in [5.41, 5.74) is 6.97. The molecule has 0 aromatic heterocycles. The number of nitrogens with one attached hydrogen (secondary N) is 1. The van der Waals surface area contributed by atoms with Gasteiger partial charge in [-0.25, -0.2) is 8.42 Å². The van der Waals surface area contributed by atoms with Crippen molar-refractivity contribution in [1.82, 2.24) is 0 Å². The van der Waals surface area contributed by atoms with Crippen molar-refractivity contribution < 1.29 is 13.2 Å². The van der Waals surface area contributed by atoms with Crippen LogP contribution < -0.4 is 9.46 Å². The molecule has 0 bridgehead atoms. The van der Waals surface area contributed by atoms with E-state index in [1.165, 1.54) is 5.56 Å². The quantitative estimate of drug-likeness (QED) is 0.694. The van der Waals surface area contributed by atoms with Crippen LogP contribution >= 0.6 is 0 Å². The van der Waals surface area contributed by atoms with Gasteiger partial charge in [0.2, 0.25) is 10.0 Å². The van der Waals surface area contributed by atoms with Gasteiger partial charge in [0.25, 0.3) is 0 Å². The van der Waals surface area contributed by atoms with Crippen molar-refractivity contribution in [2.24, 2.45) is 0 Å². The molecule has 3 aromatic carbocycles. The maximum absolute atomic E-state index is 11.6. The Balaban J connectivity index is 1.88. The van der Waals surface area contributed by atoms with Crippen molar-refractivity contribution in [1.29, 1.82) is 0 Å². The van der Waals surface area contributed by atoms with Gasteiger partial charge < -0.3 is 4.74 Å². The van der Waals surface area contributed by atoms with Gasteiger partial charge in [-0.15, -0.1) is 0 Å². The minimum absolute atomic E-state index is 0.515. The molecule has 0 aliphatic carbocycles. The first-order valence-corrected chi connectivity index (χ1v) is 10.9. The number of benzene rings is 3. The normalized spacial score (nSPS) is 14.6. The number of hydrogen-bond donors (Lipinski definition) is 1. The van der Waals surface area contributed by atoms with E-state index in [1.807, 2.05) is 36.4 Å². The third-order valence-corrected chi connectivity index (χ3v) is 5.22. The lowest BCUT2D eigenvalue weighted by Gasteiger charge is -2.12. The van der Waals surface area contributed by atoms with E-state index in [0.29, 0.717) is 12.3 Å². The molecule has 3 aromatic rings. The molecule has 1 aliphatic heterocycles. The second-order valence-electron chi connectivity index (χ2n) is 7.00. The lowest BCUT2D eigenvalue weighted by atomic mass is 9.92. The van der Waals surface area contributed by atoms with Gasteiger partial charge in [0.1, 0.15) is 12.4 Å². The predicted molar refractivity (Wildman–Crippen MR) is 114 cm³/mol. The average molecular weight is 391 g/mol. The Morgan fingerprint density at radius 3 is 2.61 bits per heavy atom. The molecule has 4 rings (SSSR count). The van der Waals surface area contributed by atoms with Gasteiger partial charge in [-0.05, 0) is 53.5 Å². The summed E-state index contributed by atoms with van der Waals surface area (Å²) in [7, 11) is -3.33. The van der Waals surface area contributed by atoms with Gasteiger partial charge in [-0.1, -0.05) is 54.1 Å². The molecule has 5 heteroatoms. The standard InChI is InChI=1S/C23H21NO3S/c1-16-10-11-20-18(12-16)15-27-23-9-4-3-8-21(23)22(20)14-17-6-5-7-19(13-17)24-28(2,25)26/h3-14,24H,15H2,1-2H3/b22-14+. The number of anilines is 1. The van der Waals surface area contributed by atoms with Gasteiger partial charge in [-0.2, -0.15) is 0 Å². The zero-order chi connectivity index (χ0) is 19.7. The third-order valence-electron chi connectivity index (χ3n) is 4.61. The maximum atomic E-state index is 11.6. The lowest BCUT2D eigenvalue weighted by Crippen LogP contribution is -2.09. The highest BCUT2D eigenvalue weighted by Gasteiger charge is 2.19. The first-order valence-electron chi connectivity index (χ1n) is 9.01. The van der Waals surface area contributed by atoms with E-state index in [2.05, 4.69) is 42.0 Å². The van der Waals surface area contributed by atoms with Crippen molar-refractivity contribution in [3.63, 3.8) is 0 Å². The fourth-order valence-electron chi connectivity index (χ4n) is 3.45. The second kappa shape index (κ2) is 7.17. The molecule has 1 heterocycles. The van der Waals surface area contributed by atoms with Crippen molar-refractivity contribution >= 4 is 27.4 Å². The summed E-state index contributed by atoms with van der Waals surface area (Å²) in [6, 6.07) is 21.7. The van der Waals surface area contributed by atoms with Crippen molar-refractivity contribution in [2.45, 2.75) is 13.5 Å². The minimum atomic E-state index is -3.33. The summed E-state index contributed by atoms with van der Waals surface area (Å²) in [5, 5.41) is 0. The number of para-hydroxylation sites is 1. The fraction of sp³-hybridized carbons (Fsp3) is 0.130. The Morgan fingerprint density at radius 1 is 0.964 bits per heavy atom. The van der Waals surface area contributed by atoms with Crippen LogP contribution in [0.5, 0.6) is 5.75 Å². The van der Waals surface area contributed by atoms with Crippen LogP contribution in [0.4, 0.5) is 5.69 Å². The molecule has 1 N–H and O–H groups in total. The molecular weight excluding hydrogens is 370 g/mol. The SMILES string of the molecule is Cc1ccc2c(c1)COc1ccccc1/C2=C/c1cccc(NS(C)(=O)=O)c1. The largest absolute Gasteiger partial charge is 0.488 e. The van der Waals surface area contributed by atoms with Crippen LogP contribution in [0.1, 0.15) is 27.8 Å². The molecule has 0 fully saturated rings. The highest BCUT2D eigenvalue weighted by molar-refractivity contribution is 7.92. The third kappa shape index (κ3) is 3.94. The van der Waals surface area contributed by atoms with Crippen LogP contribution in [0.15, 0.2) is 66.7 Å². The van der Waals surface area contributed by atoms with Crippen molar-refractivity contribution in [2.75, 3.05) is 11.0 Å². The number of aryl methyl sites for hydroxylation is 1. The molecule has 0 spiro atoms. The zero-order valence-corrected chi connectivity index (χ0v) is 16.6. The lowest BCUT2D eigenvalue weighted by molar-refractivity contribution is 0.307. The predicted octanol–water partition coefficient (Wildman–Crippen LogP) is 4.85. The topological polar surface area (TPSA) is 55.4 Å². The van der Waals surface area contributed by atoms with E-state index in [4.69, 9.17) is 4.74 Å². The first-order chi connectivity index (χ1) is 13.4. The van der Waals surface area contributed by atoms with Gasteiger partial charge in [-0.3, -0.25) is 4.72 Å². The molecule has 0 unspecified atom stereocenters. The van der Waals surface area contributed by atoms with Crippen LogP contribution in [0, 0.1) is 6.92 Å². The van der Waals surface area contributed by atoms with Crippen LogP contribution in [-0.4, -0.2) is 14.7 Å². The molecule has 4 nitrogen and oxygen atoms in total. The Kier molecular flexibility index (Phi) is 4.69. The number of fused-ring (bicyclic) bond motifs is 2. The molecule has 1 aliphatic rings. The van der Waals surface area contributed by atoms with E-state index >= 15 is 0 Å². The molecule has 0 radical (unpaired) electrons. The number of hydrogen-bond acceptors (Lipinski definition) is 3. The van der Waals surface area contributed by atoms with Crippen LogP contribution in [0.3, 0.4) is 0 Å². The van der Waals surface area contributed by atoms with Gasteiger partial charge >= 0.3 is 0 Å². The fourth-order valence-corrected chi connectivity index (χ4v) is 4.00. The Hall–Kier alpha value is -3.05. The smallest absolute Gasteiger partial charge is 0.229 e. The Labute approximate surface area is 165 Å². The summed E-state index contributed by atoms with van der Waals surface area (Å²) >= 11 is 0. The molecule has 0 saturated heterocycles. The Bertz CT molecular complexity index is 1180.